The van der Waals surface area contributed by atoms with Gasteiger partial charge < -0.3 is 24.0 Å². The van der Waals surface area contributed by atoms with Gasteiger partial charge in [-0.25, -0.2) is 0 Å². The van der Waals surface area contributed by atoms with Crippen LogP contribution in [0.4, 0.5) is 0 Å². The summed E-state index contributed by atoms with van der Waals surface area (Å²) in [6.45, 7) is 0. The van der Waals surface area contributed by atoms with Crippen molar-refractivity contribution in [2.24, 2.45) is 0 Å². The molecule has 0 heterocycles. The van der Waals surface area contributed by atoms with E-state index in [0.717, 1.165) is 0 Å². The molecule has 0 radical (unpaired) electrons. The molecule has 0 bridgehead atoms. The zero-order valence-electron chi connectivity index (χ0n) is 7.71. The molecule has 14 heavy (non-hydrogen) atoms. The summed E-state index contributed by atoms with van der Waals surface area (Å²) in [6, 6.07) is 24.0. The van der Waals surface area contributed by atoms with Crippen LogP contribution in [0.5, 0.6) is 0 Å². The molecule has 2 aromatic rings. The van der Waals surface area contributed by atoms with Gasteiger partial charge in [-0.3, -0.25) is 0 Å². The zero-order valence-corrected chi connectivity index (χ0v) is 11.1. The molecule has 0 nitrogen and oxygen atoms in total. The molecule has 0 aliphatic heterocycles. The monoisotopic (exact) mass is 335 g/mol. The Labute approximate surface area is 114 Å². The summed E-state index contributed by atoms with van der Waals surface area (Å²) >= 11 is 0. The summed E-state index contributed by atoms with van der Waals surface area (Å²) in [5, 5.41) is 0. The van der Waals surface area contributed by atoms with Gasteiger partial charge in [0.15, 0.2) is 0 Å². The predicted octanol–water partition coefficient (Wildman–Crippen LogP) is 0.375. The van der Waals surface area contributed by atoms with Crippen molar-refractivity contribution in [3.63, 3.8) is 0 Å². The first-order valence-electron chi connectivity index (χ1n) is 4.00. The van der Waals surface area contributed by atoms with E-state index in [4.69, 9.17) is 0 Å². The van der Waals surface area contributed by atoms with Crippen LogP contribution in [0.1, 0.15) is 0 Å². The normalized spacial score (nSPS) is 6.86. The largest absolute Gasteiger partial charge is 1.00 e. The number of rotatable bonds is 0. The van der Waals surface area contributed by atoms with Crippen LogP contribution in [0, 0.1) is 0 Å². The molecule has 2 rings (SSSR count). The third-order valence-electron chi connectivity index (χ3n) is 1.33. The molecule has 0 aliphatic carbocycles. The Hall–Kier alpha value is -0.298. The average Bonchev–Trinajstić information content (AvgIpc) is 2.24. The van der Waals surface area contributed by atoms with Crippen molar-refractivity contribution < 1.29 is 41.3 Å². The van der Waals surface area contributed by atoms with E-state index in [1.54, 1.807) is 0 Å². The fourth-order valence-corrected chi connectivity index (χ4v) is 0.770. The van der Waals surface area contributed by atoms with E-state index in [2.05, 4.69) is 0 Å². The molecular formula is C12H12CrI-. The summed E-state index contributed by atoms with van der Waals surface area (Å²) < 4.78 is 0. The van der Waals surface area contributed by atoms with Crippen molar-refractivity contribution in [1.82, 2.24) is 0 Å². The molecular weight excluding hydrogens is 323 g/mol. The van der Waals surface area contributed by atoms with Crippen LogP contribution in [0.25, 0.3) is 0 Å². The van der Waals surface area contributed by atoms with Crippen LogP contribution in [0.3, 0.4) is 0 Å². The van der Waals surface area contributed by atoms with E-state index >= 15 is 0 Å². The Bertz CT molecular complexity index is 186. The van der Waals surface area contributed by atoms with Crippen molar-refractivity contribution in [3.8, 4) is 0 Å². The molecule has 0 amide bonds. The van der Waals surface area contributed by atoms with Gasteiger partial charge in [0, 0.05) is 17.4 Å². The minimum Gasteiger partial charge on any atom is -1.00 e. The van der Waals surface area contributed by atoms with Gasteiger partial charge in [-0.05, 0) is 0 Å². The molecule has 0 unspecified atom stereocenters. The summed E-state index contributed by atoms with van der Waals surface area (Å²) in [7, 11) is 0. The van der Waals surface area contributed by atoms with Gasteiger partial charge in [0.2, 0.25) is 0 Å². The molecule has 2 aromatic carbocycles. The second-order valence-electron chi connectivity index (χ2n) is 2.31. The van der Waals surface area contributed by atoms with E-state index in [1.165, 1.54) is 0 Å². The molecule has 2 heteroatoms. The smallest absolute Gasteiger partial charge is 0 e. The Morgan fingerprint density at radius 2 is 0.357 bits per heavy atom. The maximum Gasteiger partial charge on any atom is 0 e. The first-order valence-corrected chi connectivity index (χ1v) is 4.00. The SMILES string of the molecule is [Cr].[I-].c1ccccc1.c1ccccc1. The Morgan fingerprint density at radius 1 is 0.286 bits per heavy atom. The summed E-state index contributed by atoms with van der Waals surface area (Å²) in [5.41, 5.74) is 0. The first-order chi connectivity index (χ1) is 6.00. The summed E-state index contributed by atoms with van der Waals surface area (Å²) in [6.07, 6.45) is 0. The zero-order chi connectivity index (χ0) is 8.49. The molecule has 0 saturated heterocycles. The van der Waals surface area contributed by atoms with Crippen LogP contribution < -0.4 is 24.0 Å². The molecule has 0 aliphatic rings. The Kier molecular flexibility index (Phi) is 14.6. The van der Waals surface area contributed by atoms with Crippen molar-refractivity contribution in [2.45, 2.75) is 0 Å². The van der Waals surface area contributed by atoms with E-state index < -0.39 is 0 Å². The molecule has 74 valence electrons. The van der Waals surface area contributed by atoms with Gasteiger partial charge in [-0.1, -0.05) is 72.8 Å². The minimum atomic E-state index is 0. The molecule has 0 atom stereocenters. The molecule has 0 N–H and O–H groups in total. The van der Waals surface area contributed by atoms with Gasteiger partial charge in [-0.15, -0.1) is 0 Å². The third-order valence-corrected chi connectivity index (χ3v) is 1.33. The third kappa shape index (κ3) is 9.79. The fourth-order valence-electron chi connectivity index (χ4n) is 0.770. The topological polar surface area (TPSA) is 0 Å². The van der Waals surface area contributed by atoms with Gasteiger partial charge in [-0.2, -0.15) is 0 Å². The number of halogens is 1. The van der Waals surface area contributed by atoms with Crippen LogP contribution in [0.15, 0.2) is 72.8 Å². The maximum absolute atomic E-state index is 2.00. The fraction of sp³-hybridized carbons (Fsp3) is 0. The predicted molar refractivity (Wildman–Crippen MR) is 52.9 cm³/mol. The first kappa shape index (κ1) is 16.1. The van der Waals surface area contributed by atoms with E-state index in [0.29, 0.717) is 0 Å². The van der Waals surface area contributed by atoms with Crippen molar-refractivity contribution in [2.75, 3.05) is 0 Å². The van der Waals surface area contributed by atoms with E-state index in [9.17, 15) is 0 Å². The molecule has 0 saturated carbocycles. The van der Waals surface area contributed by atoms with Gasteiger partial charge >= 0.3 is 0 Å². The van der Waals surface area contributed by atoms with Crippen LogP contribution in [0.2, 0.25) is 0 Å². The second kappa shape index (κ2) is 12.7. The quantitative estimate of drug-likeness (QED) is 0.611. The molecule has 0 fully saturated rings. The van der Waals surface area contributed by atoms with Crippen molar-refractivity contribution >= 4 is 0 Å². The van der Waals surface area contributed by atoms with Gasteiger partial charge in [0.25, 0.3) is 0 Å². The Balaban J connectivity index is 0. The maximum atomic E-state index is 2.00. The minimum absolute atomic E-state index is 0. The van der Waals surface area contributed by atoms with Crippen LogP contribution in [-0.2, 0) is 17.4 Å². The van der Waals surface area contributed by atoms with E-state index in [1.807, 2.05) is 72.8 Å². The van der Waals surface area contributed by atoms with Crippen LogP contribution >= 0.6 is 0 Å². The number of benzene rings is 2. The molecule has 0 aromatic heterocycles. The molecule has 0 spiro atoms. The van der Waals surface area contributed by atoms with E-state index in [-0.39, 0.29) is 41.3 Å². The van der Waals surface area contributed by atoms with Crippen molar-refractivity contribution in [1.29, 1.82) is 0 Å². The van der Waals surface area contributed by atoms with Crippen molar-refractivity contribution in [3.05, 3.63) is 72.8 Å². The summed E-state index contributed by atoms with van der Waals surface area (Å²) in [5.74, 6) is 0. The summed E-state index contributed by atoms with van der Waals surface area (Å²) in [4.78, 5) is 0. The Morgan fingerprint density at radius 3 is 0.429 bits per heavy atom. The van der Waals surface area contributed by atoms with Gasteiger partial charge in [0.05, 0.1) is 0 Å². The average molecular weight is 335 g/mol. The van der Waals surface area contributed by atoms with Gasteiger partial charge in [0.1, 0.15) is 0 Å². The number of hydrogen-bond donors (Lipinski definition) is 0. The van der Waals surface area contributed by atoms with Crippen LogP contribution in [-0.4, -0.2) is 0 Å². The standard InChI is InChI=1S/2C6H6.Cr.HI/c2*1-2-4-6-5-3-1;;/h2*1-6H;;1H/p-1. The number of hydrogen-bond acceptors (Lipinski definition) is 0. The second-order valence-corrected chi connectivity index (χ2v) is 2.31.